The van der Waals surface area contributed by atoms with Gasteiger partial charge in [0.15, 0.2) is 0 Å². The Morgan fingerprint density at radius 1 is 1.20 bits per heavy atom. The number of fused-ring (bicyclic) bond motifs is 1. The van der Waals surface area contributed by atoms with Gasteiger partial charge in [0, 0.05) is 25.5 Å². The minimum absolute atomic E-state index is 0.101. The predicted molar refractivity (Wildman–Crippen MR) is 160 cm³/mol. The molecule has 1 unspecified atom stereocenters. The zero-order valence-corrected chi connectivity index (χ0v) is 25.7. The van der Waals surface area contributed by atoms with Gasteiger partial charge in [-0.3, -0.25) is 4.79 Å². The molecule has 44 heavy (non-hydrogen) atoms. The van der Waals surface area contributed by atoms with Gasteiger partial charge in [-0.05, 0) is 68.1 Å². The van der Waals surface area contributed by atoms with E-state index in [9.17, 15) is 26.4 Å². The Balaban J connectivity index is 1.44. The van der Waals surface area contributed by atoms with Gasteiger partial charge in [-0.2, -0.15) is 17.5 Å². The third-order valence-electron chi connectivity index (χ3n) is 8.32. The van der Waals surface area contributed by atoms with Crippen molar-refractivity contribution in [2.45, 2.75) is 31.5 Å². The first-order chi connectivity index (χ1) is 20.7. The van der Waals surface area contributed by atoms with Crippen LogP contribution in [0.4, 0.5) is 30.5 Å². The van der Waals surface area contributed by atoms with Gasteiger partial charge < -0.3 is 20.3 Å². The lowest BCUT2D eigenvalue weighted by Gasteiger charge is -2.29. The van der Waals surface area contributed by atoms with E-state index < -0.39 is 33.7 Å². The fraction of sp³-hybridized carbons (Fsp3) is 0.433. The number of hydrogen-bond acceptors (Lipinski definition) is 8. The molecule has 3 atom stereocenters. The van der Waals surface area contributed by atoms with Gasteiger partial charge >= 0.3 is 6.18 Å². The topological polar surface area (TPSA) is 117 Å². The molecule has 236 valence electrons. The van der Waals surface area contributed by atoms with E-state index in [1.807, 2.05) is 25.2 Å². The highest BCUT2D eigenvalue weighted by Crippen LogP contribution is 2.43. The fourth-order valence-electron chi connectivity index (χ4n) is 6.05. The SMILES string of the molecule is COc1ccc(NC(=O)C2CCN(C)C2)cc1Nc1ncc(C(F)(F)F)c(C[C@@H]2Cc3ccccc3[C@H]2N(C)S(C)(=O)=O)n1. The van der Waals surface area contributed by atoms with E-state index >= 15 is 0 Å². The first-order valence-corrected chi connectivity index (χ1v) is 16.0. The number of carbonyl (C=O) groups excluding carboxylic acids is 1. The largest absolute Gasteiger partial charge is 0.495 e. The number of amides is 1. The Labute approximate surface area is 254 Å². The summed E-state index contributed by atoms with van der Waals surface area (Å²) in [6.07, 6.45) is -1.93. The van der Waals surface area contributed by atoms with Gasteiger partial charge in [-0.25, -0.2) is 18.4 Å². The summed E-state index contributed by atoms with van der Waals surface area (Å²) in [7, 11) is 1.19. The standard InChI is InChI=1S/C30H35F3N6O4S/c1-38-12-11-19(17-38)28(40)35-21-9-10-26(43-3)25(15-21)37-29-34-16-23(30(31,32)33)24(36-29)14-20-13-18-7-5-6-8-22(18)27(20)39(2)44(4,41)42/h5-10,15-16,19-20,27H,11-14,17H2,1-4H3,(H,35,40)(H,34,36,37)/t19?,20-,27-/m0/s1. The van der Waals surface area contributed by atoms with E-state index in [-0.39, 0.29) is 29.9 Å². The van der Waals surface area contributed by atoms with E-state index in [4.69, 9.17) is 4.74 Å². The molecule has 10 nitrogen and oxygen atoms in total. The summed E-state index contributed by atoms with van der Waals surface area (Å²) in [6.45, 7) is 1.49. The Kier molecular flexibility index (Phi) is 8.87. The molecule has 2 N–H and O–H groups in total. The van der Waals surface area contributed by atoms with Crippen LogP contribution in [0.1, 0.15) is 34.8 Å². The summed E-state index contributed by atoms with van der Waals surface area (Å²) in [4.78, 5) is 23.1. The van der Waals surface area contributed by atoms with E-state index in [1.54, 1.807) is 24.3 Å². The minimum atomic E-state index is -4.73. The van der Waals surface area contributed by atoms with Gasteiger partial charge in [0.25, 0.3) is 0 Å². The highest BCUT2D eigenvalue weighted by atomic mass is 32.2. The fourth-order valence-corrected chi connectivity index (χ4v) is 6.75. The molecular weight excluding hydrogens is 597 g/mol. The maximum atomic E-state index is 14.2. The van der Waals surface area contributed by atoms with Gasteiger partial charge in [0.05, 0.1) is 42.3 Å². The van der Waals surface area contributed by atoms with Crippen molar-refractivity contribution in [2.75, 3.05) is 51.2 Å². The quantitative estimate of drug-likeness (QED) is 0.355. The molecule has 2 aliphatic rings. The van der Waals surface area contributed by atoms with Crippen molar-refractivity contribution in [1.29, 1.82) is 0 Å². The maximum absolute atomic E-state index is 14.2. The average molecular weight is 633 g/mol. The Morgan fingerprint density at radius 2 is 1.95 bits per heavy atom. The van der Waals surface area contributed by atoms with Crippen molar-refractivity contribution >= 4 is 33.3 Å². The number of ether oxygens (including phenoxy) is 1. The van der Waals surface area contributed by atoms with Crippen LogP contribution in [-0.4, -0.2) is 74.0 Å². The van der Waals surface area contributed by atoms with E-state index in [0.29, 0.717) is 30.1 Å². The number of methoxy groups -OCH3 is 1. The van der Waals surface area contributed by atoms with E-state index in [0.717, 1.165) is 36.5 Å². The lowest BCUT2D eigenvalue weighted by molar-refractivity contribution is -0.138. The number of anilines is 3. The maximum Gasteiger partial charge on any atom is 0.419 e. The Morgan fingerprint density at radius 3 is 2.61 bits per heavy atom. The van der Waals surface area contributed by atoms with Gasteiger partial charge in [0.1, 0.15) is 5.75 Å². The van der Waals surface area contributed by atoms with Crippen molar-refractivity contribution < 1.29 is 31.1 Å². The molecule has 1 aliphatic carbocycles. The lowest BCUT2D eigenvalue weighted by Crippen LogP contribution is -2.34. The number of carbonyl (C=O) groups is 1. The number of aromatic nitrogens is 2. The molecule has 1 amide bonds. The average Bonchev–Trinajstić information content (AvgIpc) is 3.55. The smallest absolute Gasteiger partial charge is 0.419 e. The number of nitrogens with zero attached hydrogens (tertiary/aromatic N) is 4. The monoisotopic (exact) mass is 632 g/mol. The summed E-state index contributed by atoms with van der Waals surface area (Å²) < 4.78 is 74.2. The van der Waals surface area contributed by atoms with Crippen LogP contribution < -0.4 is 15.4 Å². The first-order valence-electron chi connectivity index (χ1n) is 14.1. The summed E-state index contributed by atoms with van der Waals surface area (Å²) in [5, 5.41) is 5.85. The van der Waals surface area contributed by atoms with Gasteiger partial charge in [0.2, 0.25) is 21.9 Å². The van der Waals surface area contributed by atoms with E-state index in [2.05, 4.69) is 25.5 Å². The predicted octanol–water partition coefficient (Wildman–Crippen LogP) is 4.49. The molecule has 3 aromatic rings. The highest BCUT2D eigenvalue weighted by Gasteiger charge is 2.41. The van der Waals surface area contributed by atoms with Crippen molar-refractivity contribution in [3.8, 4) is 5.75 Å². The normalized spacial score (nSPS) is 20.5. The van der Waals surface area contributed by atoms with Gasteiger partial charge in [-0.1, -0.05) is 24.3 Å². The highest BCUT2D eigenvalue weighted by molar-refractivity contribution is 7.88. The summed E-state index contributed by atoms with van der Waals surface area (Å²) in [5.41, 5.74) is 1.23. The number of benzene rings is 2. The van der Waals surface area contributed by atoms with E-state index in [1.165, 1.54) is 18.5 Å². The van der Waals surface area contributed by atoms with Crippen LogP contribution in [0.5, 0.6) is 5.75 Å². The molecule has 1 aromatic heterocycles. The second-order valence-corrected chi connectivity index (χ2v) is 13.5. The van der Waals surface area contributed by atoms with Crippen molar-refractivity contribution in [1.82, 2.24) is 19.2 Å². The van der Waals surface area contributed by atoms with Crippen LogP contribution in [0.25, 0.3) is 0 Å². The molecule has 2 heterocycles. The Bertz CT molecular complexity index is 1650. The first kappa shape index (κ1) is 31.7. The molecule has 5 rings (SSSR count). The minimum Gasteiger partial charge on any atom is -0.495 e. The van der Waals surface area contributed by atoms with Crippen molar-refractivity contribution in [2.24, 2.45) is 11.8 Å². The number of sulfonamides is 1. The summed E-state index contributed by atoms with van der Waals surface area (Å²) >= 11 is 0. The number of halogens is 3. The molecule has 0 spiro atoms. The number of hydrogen-bond donors (Lipinski definition) is 2. The van der Waals surface area contributed by atoms with Crippen molar-refractivity contribution in [3.05, 3.63) is 71.0 Å². The third kappa shape index (κ3) is 6.81. The van der Waals surface area contributed by atoms with Crippen LogP contribution in [0, 0.1) is 11.8 Å². The lowest BCUT2D eigenvalue weighted by atomic mass is 9.93. The number of alkyl halides is 3. The molecule has 14 heteroatoms. The zero-order chi connectivity index (χ0) is 31.8. The molecule has 0 saturated carbocycles. The van der Waals surface area contributed by atoms with Crippen LogP contribution in [-0.2, 0) is 33.8 Å². The Hall–Kier alpha value is -3.75. The molecule has 2 aromatic carbocycles. The number of nitrogens with one attached hydrogen (secondary N) is 2. The molecule has 1 saturated heterocycles. The molecule has 1 fully saturated rings. The molecule has 0 radical (unpaired) electrons. The third-order valence-corrected chi connectivity index (χ3v) is 9.59. The molecular formula is C30H35F3N6O4S. The molecule has 0 bridgehead atoms. The number of likely N-dealkylation sites (tertiary alicyclic amines) is 1. The second kappa shape index (κ2) is 12.3. The zero-order valence-electron chi connectivity index (χ0n) is 24.9. The van der Waals surface area contributed by atoms with Crippen LogP contribution in [0.3, 0.4) is 0 Å². The second-order valence-electron chi connectivity index (χ2n) is 11.4. The summed E-state index contributed by atoms with van der Waals surface area (Å²) in [5.74, 6) is -0.500. The summed E-state index contributed by atoms with van der Waals surface area (Å²) in [6, 6.07) is 11.5. The number of rotatable bonds is 9. The van der Waals surface area contributed by atoms with Gasteiger partial charge in [-0.15, -0.1) is 0 Å². The van der Waals surface area contributed by atoms with Crippen LogP contribution in [0.15, 0.2) is 48.7 Å². The molecule has 1 aliphatic heterocycles. The van der Waals surface area contributed by atoms with Crippen LogP contribution >= 0.6 is 0 Å². The van der Waals surface area contributed by atoms with Crippen LogP contribution in [0.2, 0.25) is 0 Å². The van der Waals surface area contributed by atoms with Crippen molar-refractivity contribution in [3.63, 3.8) is 0 Å².